The first-order chi connectivity index (χ1) is 9.11. The molecular formula is C14H33N5. The minimum absolute atomic E-state index is 1.07. The first-order valence-electron chi connectivity index (χ1n) is 7.54. The van der Waals surface area contributed by atoms with Gasteiger partial charge in [0, 0.05) is 65.4 Å². The summed E-state index contributed by atoms with van der Waals surface area (Å²) in [6.07, 6.45) is 0. The van der Waals surface area contributed by atoms with E-state index in [4.69, 9.17) is 0 Å². The van der Waals surface area contributed by atoms with Crippen LogP contribution in [0.15, 0.2) is 0 Å². The van der Waals surface area contributed by atoms with Gasteiger partial charge in [0.2, 0.25) is 0 Å². The maximum Gasteiger partial charge on any atom is 0.0110 e. The summed E-state index contributed by atoms with van der Waals surface area (Å²) in [5.41, 5.74) is 0. The van der Waals surface area contributed by atoms with Crippen LogP contribution in [-0.4, -0.2) is 113 Å². The van der Waals surface area contributed by atoms with Gasteiger partial charge in [-0.2, -0.15) is 0 Å². The monoisotopic (exact) mass is 271 g/mol. The molecule has 0 saturated carbocycles. The fourth-order valence-corrected chi connectivity index (χ4v) is 2.25. The normalized spacial score (nSPS) is 18.6. The van der Waals surface area contributed by atoms with Gasteiger partial charge in [0.15, 0.2) is 0 Å². The zero-order chi connectivity index (χ0) is 14.1. The van der Waals surface area contributed by atoms with E-state index in [1.807, 2.05) is 7.05 Å². The Balaban J connectivity index is 2.02. The van der Waals surface area contributed by atoms with Gasteiger partial charge in [-0.25, -0.2) is 0 Å². The lowest BCUT2D eigenvalue weighted by Crippen LogP contribution is -2.47. The predicted molar refractivity (Wildman–Crippen MR) is 82.9 cm³/mol. The average molecular weight is 271 g/mol. The molecule has 0 bridgehead atoms. The Kier molecular flexibility index (Phi) is 8.57. The van der Waals surface area contributed by atoms with E-state index < -0.39 is 0 Å². The van der Waals surface area contributed by atoms with Crippen LogP contribution in [0.1, 0.15) is 0 Å². The maximum atomic E-state index is 3.19. The van der Waals surface area contributed by atoms with E-state index in [1.54, 1.807) is 0 Å². The quantitative estimate of drug-likeness (QED) is 0.599. The van der Waals surface area contributed by atoms with Crippen molar-refractivity contribution in [2.45, 2.75) is 0 Å². The van der Waals surface area contributed by atoms with Crippen molar-refractivity contribution in [1.29, 1.82) is 0 Å². The highest BCUT2D eigenvalue weighted by atomic mass is 15.3. The van der Waals surface area contributed by atoms with E-state index in [2.05, 4.69) is 46.1 Å². The molecule has 0 spiro atoms. The molecule has 5 heteroatoms. The summed E-state index contributed by atoms with van der Waals surface area (Å²) < 4.78 is 0. The lowest BCUT2D eigenvalue weighted by molar-refractivity contribution is 0.138. The van der Waals surface area contributed by atoms with Gasteiger partial charge in [-0.3, -0.25) is 4.90 Å². The van der Waals surface area contributed by atoms with Crippen molar-refractivity contribution in [3.8, 4) is 0 Å². The Morgan fingerprint density at radius 2 is 1.47 bits per heavy atom. The van der Waals surface area contributed by atoms with E-state index in [9.17, 15) is 0 Å². The molecule has 1 N–H and O–H groups in total. The number of nitrogens with one attached hydrogen (secondary N) is 1. The topological polar surface area (TPSA) is 25.0 Å². The van der Waals surface area contributed by atoms with Gasteiger partial charge in [0.25, 0.3) is 0 Å². The van der Waals surface area contributed by atoms with Crippen LogP contribution < -0.4 is 5.32 Å². The van der Waals surface area contributed by atoms with Crippen molar-refractivity contribution in [2.75, 3.05) is 93.6 Å². The fraction of sp³-hybridized carbons (Fsp3) is 1.00. The average Bonchev–Trinajstić information content (AvgIpc) is 2.42. The molecule has 1 saturated heterocycles. The van der Waals surface area contributed by atoms with Gasteiger partial charge in [-0.15, -0.1) is 0 Å². The lowest BCUT2D eigenvalue weighted by Gasteiger charge is -2.33. The molecule has 0 amide bonds. The number of hydrogen-bond donors (Lipinski definition) is 1. The molecule has 1 aliphatic rings. The second kappa shape index (κ2) is 9.66. The SMILES string of the molecule is CNCCN(C)CCN(C)CCN1CCN(C)CC1. The third kappa shape index (κ3) is 7.84. The molecule has 1 heterocycles. The Morgan fingerprint density at radius 3 is 2.05 bits per heavy atom. The third-order valence-electron chi connectivity index (χ3n) is 4.00. The van der Waals surface area contributed by atoms with Crippen LogP contribution in [-0.2, 0) is 0 Å². The molecule has 0 aromatic rings. The summed E-state index contributed by atoms with van der Waals surface area (Å²) in [5.74, 6) is 0. The van der Waals surface area contributed by atoms with E-state index >= 15 is 0 Å². The van der Waals surface area contributed by atoms with Crippen molar-refractivity contribution >= 4 is 0 Å². The highest BCUT2D eigenvalue weighted by Crippen LogP contribution is 1.99. The van der Waals surface area contributed by atoms with Crippen LogP contribution in [0, 0.1) is 0 Å². The summed E-state index contributed by atoms with van der Waals surface area (Å²) in [6, 6.07) is 0. The molecule has 0 aromatic heterocycles. The molecule has 5 nitrogen and oxygen atoms in total. The Bertz CT molecular complexity index is 216. The Hall–Kier alpha value is -0.200. The zero-order valence-electron chi connectivity index (χ0n) is 13.4. The first kappa shape index (κ1) is 16.9. The van der Waals surface area contributed by atoms with Gasteiger partial charge < -0.3 is 20.0 Å². The van der Waals surface area contributed by atoms with E-state index in [-0.39, 0.29) is 0 Å². The summed E-state index contributed by atoms with van der Waals surface area (Å²) in [7, 11) is 8.66. The van der Waals surface area contributed by atoms with Crippen LogP contribution >= 0.6 is 0 Å². The highest BCUT2D eigenvalue weighted by molar-refractivity contribution is 4.70. The number of rotatable bonds is 9. The maximum absolute atomic E-state index is 3.19. The van der Waals surface area contributed by atoms with Crippen LogP contribution in [0.25, 0.3) is 0 Å². The second-order valence-corrected chi connectivity index (χ2v) is 5.86. The van der Waals surface area contributed by atoms with E-state index in [0.717, 1.165) is 26.2 Å². The Morgan fingerprint density at radius 1 is 0.895 bits per heavy atom. The van der Waals surface area contributed by atoms with Crippen molar-refractivity contribution in [2.24, 2.45) is 0 Å². The summed E-state index contributed by atoms with van der Waals surface area (Å²) >= 11 is 0. The van der Waals surface area contributed by atoms with Crippen molar-refractivity contribution < 1.29 is 0 Å². The Labute approximate surface area is 119 Å². The summed E-state index contributed by atoms with van der Waals surface area (Å²) in [5, 5.41) is 3.19. The largest absolute Gasteiger partial charge is 0.318 e. The molecule has 0 radical (unpaired) electrons. The molecule has 1 fully saturated rings. The molecule has 0 atom stereocenters. The van der Waals surface area contributed by atoms with Gasteiger partial charge in [-0.1, -0.05) is 0 Å². The molecule has 0 unspecified atom stereocenters. The van der Waals surface area contributed by atoms with E-state index in [1.165, 1.54) is 39.3 Å². The molecule has 1 aliphatic heterocycles. The third-order valence-corrected chi connectivity index (χ3v) is 4.00. The minimum Gasteiger partial charge on any atom is -0.318 e. The van der Waals surface area contributed by atoms with Crippen LogP contribution in [0.3, 0.4) is 0 Å². The van der Waals surface area contributed by atoms with Gasteiger partial charge >= 0.3 is 0 Å². The standard InChI is InChI=1S/C14H33N5/c1-15-5-6-16(2)7-8-17(3)9-12-19-13-10-18(4)11-14-19/h15H,5-14H2,1-4H3. The number of hydrogen-bond acceptors (Lipinski definition) is 5. The zero-order valence-corrected chi connectivity index (χ0v) is 13.4. The smallest absolute Gasteiger partial charge is 0.0110 e. The minimum atomic E-state index is 1.07. The van der Waals surface area contributed by atoms with Crippen LogP contribution in [0.2, 0.25) is 0 Å². The van der Waals surface area contributed by atoms with Gasteiger partial charge in [0.1, 0.15) is 0 Å². The number of nitrogens with zero attached hydrogens (tertiary/aromatic N) is 4. The fourth-order valence-electron chi connectivity index (χ4n) is 2.25. The van der Waals surface area contributed by atoms with Gasteiger partial charge in [-0.05, 0) is 28.2 Å². The lowest BCUT2D eigenvalue weighted by atomic mass is 10.3. The van der Waals surface area contributed by atoms with Crippen molar-refractivity contribution in [1.82, 2.24) is 24.9 Å². The second-order valence-electron chi connectivity index (χ2n) is 5.86. The summed E-state index contributed by atoms with van der Waals surface area (Å²) in [4.78, 5) is 9.84. The molecule has 114 valence electrons. The van der Waals surface area contributed by atoms with Crippen molar-refractivity contribution in [3.05, 3.63) is 0 Å². The molecule has 1 rings (SSSR count). The van der Waals surface area contributed by atoms with Gasteiger partial charge in [0.05, 0.1) is 0 Å². The number of piperazine rings is 1. The predicted octanol–water partition coefficient (Wildman–Crippen LogP) is -0.683. The summed E-state index contributed by atoms with van der Waals surface area (Å²) in [6.45, 7) is 11.8. The van der Waals surface area contributed by atoms with Crippen LogP contribution in [0.5, 0.6) is 0 Å². The molecular weight excluding hydrogens is 238 g/mol. The van der Waals surface area contributed by atoms with E-state index in [0.29, 0.717) is 0 Å². The first-order valence-corrected chi connectivity index (χ1v) is 7.54. The highest BCUT2D eigenvalue weighted by Gasteiger charge is 2.13. The molecule has 19 heavy (non-hydrogen) atoms. The molecule has 0 aromatic carbocycles. The molecule has 0 aliphatic carbocycles. The van der Waals surface area contributed by atoms with Crippen molar-refractivity contribution in [3.63, 3.8) is 0 Å². The van der Waals surface area contributed by atoms with Crippen LogP contribution in [0.4, 0.5) is 0 Å². The number of likely N-dealkylation sites (N-methyl/N-ethyl adjacent to an activating group) is 4.